The molecule has 0 spiro atoms. The molecule has 4 rings (SSSR count). The van der Waals surface area contributed by atoms with Crippen molar-refractivity contribution in [3.63, 3.8) is 0 Å². The number of hydrogen-bond acceptors (Lipinski definition) is 5. The Morgan fingerprint density at radius 1 is 1.24 bits per heavy atom. The summed E-state index contributed by atoms with van der Waals surface area (Å²) in [6, 6.07) is 2.54. The second-order valence-corrected chi connectivity index (χ2v) is 7.37. The van der Waals surface area contributed by atoms with E-state index in [0.717, 1.165) is 29.3 Å². The van der Waals surface area contributed by atoms with Gasteiger partial charge in [-0.2, -0.15) is 14.7 Å². The molecule has 1 aliphatic rings. The molecule has 0 N–H and O–H groups in total. The molecule has 0 aliphatic heterocycles. The largest absolute Gasteiger partial charge is 0.367 e. The molecule has 7 nitrogen and oxygen atoms in total. The van der Waals surface area contributed by atoms with Crippen LogP contribution in [0.5, 0.6) is 0 Å². The lowest BCUT2D eigenvalue weighted by molar-refractivity contribution is 0.515. The minimum atomic E-state index is 0.364. The average molecular weight is 339 g/mol. The Labute approximate surface area is 147 Å². The molecule has 1 saturated carbocycles. The molecule has 0 atom stereocenters. The zero-order chi connectivity index (χ0) is 17.7. The highest BCUT2D eigenvalue weighted by molar-refractivity contribution is 5.68. The summed E-state index contributed by atoms with van der Waals surface area (Å²) in [5.41, 5.74) is 6.61. The van der Waals surface area contributed by atoms with Gasteiger partial charge in [-0.25, -0.2) is 0 Å². The molecule has 25 heavy (non-hydrogen) atoms. The molecule has 1 fully saturated rings. The predicted molar refractivity (Wildman–Crippen MR) is 97.0 cm³/mol. The van der Waals surface area contributed by atoms with Gasteiger partial charge in [0.2, 0.25) is 5.65 Å². The molecule has 132 valence electrons. The third-order valence-corrected chi connectivity index (χ3v) is 5.03. The summed E-state index contributed by atoms with van der Waals surface area (Å²) in [4.78, 5) is 2.24. The van der Waals surface area contributed by atoms with Gasteiger partial charge in [0.05, 0.1) is 17.1 Å². The van der Waals surface area contributed by atoms with Crippen molar-refractivity contribution < 1.29 is 0 Å². The summed E-state index contributed by atoms with van der Waals surface area (Å²) in [6.07, 6.45) is 4.14. The summed E-state index contributed by atoms with van der Waals surface area (Å²) >= 11 is 0. The minimum absolute atomic E-state index is 0.364. The van der Waals surface area contributed by atoms with Gasteiger partial charge in [0.15, 0.2) is 0 Å². The number of hydrogen-bond donors (Lipinski definition) is 0. The average Bonchev–Trinajstić information content (AvgIpc) is 3.26. The van der Waals surface area contributed by atoms with Crippen LogP contribution in [0.1, 0.15) is 61.3 Å². The van der Waals surface area contributed by atoms with E-state index in [4.69, 9.17) is 5.10 Å². The zero-order valence-corrected chi connectivity index (χ0v) is 15.6. The first kappa shape index (κ1) is 16.1. The Kier molecular flexibility index (Phi) is 3.74. The fraction of sp³-hybridized carbons (Fsp3) is 0.556. The Morgan fingerprint density at radius 2 is 2.00 bits per heavy atom. The van der Waals surface area contributed by atoms with Crippen LogP contribution in [-0.4, -0.2) is 36.6 Å². The molecule has 0 amide bonds. The lowest BCUT2D eigenvalue weighted by atomic mass is 10.1. The van der Waals surface area contributed by atoms with E-state index in [1.54, 1.807) is 10.8 Å². The Bertz CT molecular complexity index is 917. The van der Waals surface area contributed by atoms with E-state index in [9.17, 15) is 0 Å². The van der Waals surface area contributed by atoms with Crippen molar-refractivity contribution >= 4 is 11.3 Å². The molecule has 3 heterocycles. The van der Waals surface area contributed by atoms with Gasteiger partial charge in [-0.3, -0.25) is 4.68 Å². The van der Waals surface area contributed by atoms with Crippen LogP contribution in [0.2, 0.25) is 0 Å². The highest BCUT2D eigenvalue weighted by Gasteiger charge is 2.27. The SMILES string of the molecule is Cc1nn(C(C)C)c(C)c1CN(C)c1cc(C2CC2)nn2cnnc12. The van der Waals surface area contributed by atoms with Crippen LogP contribution >= 0.6 is 0 Å². The second kappa shape index (κ2) is 5.82. The number of aryl methyl sites for hydroxylation is 1. The molecular weight excluding hydrogens is 314 g/mol. The van der Waals surface area contributed by atoms with Gasteiger partial charge in [-0.1, -0.05) is 0 Å². The molecule has 7 heteroatoms. The molecule has 3 aromatic rings. The van der Waals surface area contributed by atoms with Gasteiger partial charge in [-0.15, -0.1) is 10.2 Å². The third-order valence-electron chi connectivity index (χ3n) is 5.03. The first-order valence-corrected chi connectivity index (χ1v) is 8.92. The van der Waals surface area contributed by atoms with E-state index in [-0.39, 0.29) is 0 Å². The maximum Gasteiger partial charge on any atom is 0.200 e. The molecule has 3 aromatic heterocycles. The van der Waals surface area contributed by atoms with Crippen molar-refractivity contribution in [2.24, 2.45) is 0 Å². The van der Waals surface area contributed by atoms with E-state index in [1.165, 1.54) is 24.1 Å². The molecule has 1 aliphatic carbocycles. The normalized spacial score (nSPS) is 14.6. The fourth-order valence-electron chi connectivity index (χ4n) is 3.44. The van der Waals surface area contributed by atoms with Gasteiger partial charge < -0.3 is 4.90 Å². The lowest BCUT2D eigenvalue weighted by Crippen LogP contribution is -2.19. The van der Waals surface area contributed by atoms with E-state index in [0.29, 0.717) is 12.0 Å². The van der Waals surface area contributed by atoms with Crippen molar-refractivity contribution in [2.45, 2.75) is 59.0 Å². The van der Waals surface area contributed by atoms with Crippen molar-refractivity contribution in [1.29, 1.82) is 0 Å². The monoisotopic (exact) mass is 339 g/mol. The summed E-state index contributed by atoms with van der Waals surface area (Å²) < 4.78 is 3.91. The number of anilines is 1. The van der Waals surface area contributed by atoms with Crippen LogP contribution in [0.4, 0.5) is 5.69 Å². The highest BCUT2D eigenvalue weighted by atomic mass is 15.4. The van der Waals surface area contributed by atoms with E-state index < -0.39 is 0 Å². The smallest absolute Gasteiger partial charge is 0.200 e. The molecule has 0 saturated heterocycles. The Balaban J connectivity index is 1.71. The Morgan fingerprint density at radius 3 is 2.64 bits per heavy atom. The number of nitrogens with zero attached hydrogens (tertiary/aromatic N) is 7. The molecule has 0 unspecified atom stereocenters. The van der Waals surface area contributed by atoms with Gasteiger partial charge in [0.25, 0.3) is 0 Å². The first-order valence-electron chi connectivity index (χ1n) is 8.92. The quantitative estimate of drug-likeness (QED) is 0.715. The minimum Gasteiger partial charge on any atom is -0.367 e. The van der Waals surface area contributed by atoms with Crippen molar-refractivity contribution in [1.82, 2.24) is 29.6 Å². The second-order valence-electron chi connectivity index (χ2n) is 7.37. The topological polar surface area (TPSA) is 64.1 Å². The first-order chi connectivity index (χ1) is 12.0. The van der Waals surface area contributed by atoms with Crippen LogP contribution in [0.25, 0.3) is 5.65 Å². The van der Waals surface area contributed by atoms with Crippen LogP contribution in [-0.2, 0) is 6.54 Å². The van der Waals surface area contributed by atoms with Crippen molar-refractivity contribution in [2.75, 3.05) is 11.9 Å². The van der Waals surface area contributed by atoms with Crippen LogP contribution in [0.3, 0.4) is 0 Å². The molecule has 0 aromatic carbocycles. The van der Waals surface area contributed by atoms with E-state index in [2.05, 4.69) is 65.7 Å². The third kappa shape index (κ3) is 2.77. The van der Waals surface area contributed by atoms with Crippen LogP contribution in [0, 0.1) is 13.8 Å². The maximum atomic E-state index is 4.71. The lowest BCUT2D eigenvalue weighted by Gasteiger charge is -2.21. The van der Waals surface area contributed by atoms with Gasteiger partial charge in [-0.05, 0) is 46.6 Å². The van der Waals surface area contributed by atoms with E-state index in [1.807, 2.05) is 0 Å². The number of rotatable bonds is 5. The van der Waals surface area contributed by atoms with Gasteiger partial charge >= 0.3 is 0 Å². The zero-order valence-electron chi connectivity index (χ0n) is 15.6. The van der Waals surface area contributed by atoms with E-state index >= 15 is 0 Å². The highest BCUT2D eigenvalue weighted by Crippen LogP contribution is 2.40. The number of aromatic nitrogens is 6. The number of fused-ring (bicyclic) bond motifs is 1. The standard InChI is InChI=1S/C18H25N7/c1-11(2)25-13(4)15(12(3)21-25)9-23(5)17-8-16(14-6-7-14)22-24-10-19-20-18(17)24/h8,10-11,14H,6-7,9H2,1-5H3. The molecular formula is C18H25N7. The van der Waals surface area contributed by atoms with Gasteiger partial charge in [0, 0.05) is 36.8 Å². The fourth-order valence-corrected chi connectivity index (χ4v) is 3.44. The van der Waals surface area contributed by atoms with Crippen molar-refractivity contribution in [3.8, 4) is 0 Å². The predicted octanol–water partition coefficient (Wildman–Crippen LogP) is 3.03. The summed E-state index contributed by atoms with van der Waals surface area (Å²) in [5, 5.41) is 17.7. The Hall–Kier alpha value is -2.44. The molecule has 0 bridgehead atoms. The maximum absolute atomic E-state index is 4.71. The van der Waals surface area contributed by atoms with Crippen LogP contribution in [0.15, 0.2) is 12.4 Å². The summed E-state index contributed by atoms with van der Waals surface area (Å²) in [6.45, 7) is 9.36. The van der Waals surface area contributed by atoms with Gasteiger partial charge in [0.1, 0.15) is 6.33 Å². The molecule has 0 radical (unpaired) electrons. The van der Waals surface area contributed by atoms with Crippen LogP contribution < -0.4 is 4.90 Å². The van der Waals surface area contributed by atoms with Crippen molar-refractivity contribution in [3.05, 3.63) is 35.0 Å². The summed E-state index contributed by atoms with van der Waals surface area (Å²) in [7, 11) is 2.10. The summed E-state index contributed by atoms with van der Waals surface area (Å²) in [5.74, 6) is 0.589.